The lowest BCUT2D eigenvalue weighted by Gasteiger charge is -2.06. The third-order valence-corrected chi connectivity index (χ3v) is 3.47. The van der Waals surface area contributed by atoms with Crippen molar-refractivity contribution in [2.45, 2.75) is 6.92 Å². The molecule has 120 valence electrons. The Morgan fingerprint density at radius 1 is 1.21 bits per heavy atom. The highest BCUT2D eigenvalue weighted by Gasteiger charge is 2.07. The van der Waals surface area contributed by atoms with Crippen LogP contribution in [0.1, 0.15) is 21.5 Å². The highest BCUT2D eigenvalue weighted by atomic mass is 16.5. The molecule has 2 heterocycles. The molecule has 0 fully saturated rings. The number of amides is 1. The molecule has 1 aromatic carbocycles. The van der Waals surface area contributed by atoms with Gasteiger partial charge in [0, 0.05) is 23.3 Å². The van der Waals surface area contributed by atoms with Gasteiger partial charge in [0.2, 0.25) is 5.88 Å². The first-order valence-corrected chi connectivity index (χ1v) is 7.36. The highest BCUT2D eigenvalue weighted by molar-refractivity contribution is 5.95. The van der Waals surface area contributed by atoms with Crippen LogP contribution in [0.15, 0.2) is 53.9 Å². The molecule has 1 N–H and O–H groups in total. The lowest BCUT2D eigenvalue weighted by molar-refractivity contribution is 0.0955. The number of rotatable bonds is 4. The Hall–Kier alpha value is -3.28. The Balaban J connectivity index is 1.84. The van der Waals surface area contributed by atoms with Crippen LogP contribution in [0, 0.1) is 6.92 Å². The third-order valence-electron chi connectivity index (χ3n) is 3.47. The zero-order valence-electron chi connectivity index (χ0n) is 13.4. The molecule has 3 rings (SSSR count). The number of aromatic nitrogens is 2. The number of ether oxygens (including phenoxy) is 1. The van der Waals surface area contributed by atoms with Crippen LogP contribution >= 0.6 is 0 Å². The number of pyridine rings is 2. The standard InChI is InChI=1S/C18H16N4O2/c1-12-3-4-16-14(9-12)10-15(18(21-16)24-2)11-20-22-17(23)13-5-7-19-8-6-13/h3-11H,1-2H3,(H,22,23). The van der Waals surface area contributed by atoms with E-state index in [1.807, 2.05) is 31.2 Å². The number of carbonyl (C=O) groups excluding carboxylic acids is 1. The topological polar surface area (TPSA) is 76.5 Å². The number of hydrogen-bond acceptors (Lipinski definition) is 5. The minimum Gasteiger partial charge on any atom is -0.481 e. The zero-order chi connectivity index (χ0) is 16.9. The van der Waals surface area contributed by atoms with Gasteiger partial charge in [0.25, 0.3) is 5.91 Å². The molecule has 0 radical (unpaired) electrons. The molecular formula is C18H16N4O2. The summed E-state index contributed by atoms with van der Waals surface area (Å²) in [7, 11) is 1.55. The molecule has 0 saturated heterocycles. The first kappa shape index (κ1) is 15.6. The number of benzene rings is 1. The van der Waals surface area contributed by atoms with Gasteiger partial charge in [0.05, 0.1) is 24.4 Å². The second kappa shape index (κ2) is 6.87. The Morgan fingerprint density at radius 2 is 2.00 bits per heavy atom. The van der Waals surface area contributed by atoms with Crippen molar-refractivity contribution < 1.29 is 9.53 Å². The van der Waals surface area contributed by atoms with Gasteiger partial charge in [-0.05, 0) is 37.3 Å². The van der Waals surface area contributed by atoms with Gasteiger partial charge in [0.1, 0.15) is 0 Å². The van der Waals surface area contributed by atoms with E-state index in [9.17, 15) is 4.79 Å². The van der Waals surface area contributed by atoms with Gasteiger partial charge in [0.15, 0.2) is 0 Å². The lowest BCUT2D eigenvalue weighted by Crippen LogP contribution is -2.17. The number of carbonyl (C=O) groups is 1. The van der Waals surface area contributed by atoms with Crippen molar-refractivity contribution in [3.63, 3.8) is 0 Å². The van der Waals surface area contributed by atoms with Crippen molar-refractivity contribution in [3.05, 3.63) is 65.5 Å². The minimum atomic E-state index is -0.308. The van der Waals surface area contributed by atoms with Crippen LogP contribution in [0.25, 0.3) is 10.9 Å². The Labute approximate surface area is 139 Å². The van der Waals surface area contributed by atoms with Gasteiger partial charge in [-0.3, -0.25) is 9.78 Å². The molecule has 0 atom stereocenters. The van der Waals surface area contributed by atoms with E-state index in [1.54, 1.807) is 31.6 Å². The van der Waals surface area contributed by atoms with E-state index in [2.05, 4.69) is 20.5 Å². The molecule has 24 heavy (non-hydrogen) atoms. The number of hydrazone groups is 1. The average Bonchev–Trinajstić information content (AvgIpc) is 2.61. The van der Waals surface area contributed by atoms with Crippen molar-refractivity contribution in [1.29, 1.82) is 0 Å². The predicted molar refractivity (Wildman–Crippen MR) is 92.3 cm³/mol. The van der Waals surface area contributed by atoms with Gasteiger partial charge in [-0.15, -0.1) is 0 Å². The van der Waals surface area contributed by atoms with Crippen LogP contribution in [-0.4, -0.2) is 29.2 Å². The second-order valence-corrected chi connectivity index (χ2v) is 5.22. The summed E-state index contributed by atoms with van der Waals surface area (Å²) in [5, 5.41) is 4.97. The average molecular weight is 320 g/mol. The molecule has 0 aliphatic heterocycles. The van der Waals surface area contributed by atoms with E-state index in [-0.39, 0.29) is 5.91 Å². The van der Waals surface area contributed by atoms with Crippen LogP contribution < -0.4 is 10.2 Å². The molecular weight excluding hydrogens is 304 g/mol. The van der Waals surface area contributed by atoms with Crippen LogP contribution in [0.4, 0.5) is 0 Å². The molecule has 2 aromatic heterocycles. The molecule has 0 saturated carbocycles. The summed E-state index contributed by atoms with van der Waals surface area (Å²) in [4.78, 5) is 20.3. The molecule has 6 nitrogen and oxygen atoms in total. The van der Waals surface area contributed by atoms with Gasteiger partial charge in [-0.1, -0.05) is 11.6 Å². The van der Waals surface area contributed by atoms with E-state index in [4.69, 9.17) is 4.74 Å². The van der Waals surface area contributed by atoms with E-state index in [0.29, 0.717) is 17.0 Å². The Morgan fingerprint density at radius 3 is 2.75 bits per heavy atom. The van der Waals surface area contributed by atoms with Crippen molar-refractivity contribution in [3.8, 4) is 5.88 Å². The maximum absolute atomic E-state index is 11.9. The van der Waals surface area contributed by atoms with Gasteiger partial charge < -0.3 is 4.74 Å². The molecule has 3 aromatic rings. The molecule has 0 aliphatic carbocycles. The summed E-state index contributed by atoms with van der Waals surface area (Å²) in [5.41, 5.74) is 5.64. The SMILES string of the molecule is COc1nc2ccc(C)cc2cc1C=NNC(=O)c1ccncc1. The van der Waals surface area contributed by atoms with E-state index in [0.717, 1.165) is 16.5 Å². The fourth-order valence-electron chi connectivity index (χ4n) is 2.28. The normalized spacial score (nSPS) is 10.9. The van der Waals surface area contributed by atoms with Crippen molar-refractivity contribution in [2.75, 3.05) is 7.11 Å². The number of nitrogens with zero attached hydrogens (tertiary/aromatic N) is 3. The van der Waals surface area contributed by atoms with Crippen molar-refractivity contribution in [2.24, 2.45) is 5.10 Å². The molecule has 0 aliphatic rings. The Kier molecular flexibility index (Phi) is 4.47. The first-order chi connectivity index (χ1) is 11.7. The summed E-state index contributed by atoms with van der Waals surface area (Å²) < 4.78 is 5.30. The molecule has 0 spiro atoms. The summed E-state index contributed by atoms with van der Waals surface area (Å²) in [5.74, 6) is 0.144. The van der Waals surface area contributed by atoms with Crippen LogP contribution in [0.2, 0.25) is 0 Å². The van der Waals surface area contributed by atoms with Crippen molar-refractivity contribution >= 4 is 23.0 Å². The van der Waals surface area contributed by atoms with E-state index in [1.165, 1.54) is 6.21 Å². The summed E-state index contributed by atoms with van der Waals surface area (Å²) >= 11 is 0. The minimum absolute atomic E-state index is 0.308. The predicted octanol–water partition coefficient (Wildman–Crippen LogP) is 2.71. The number of methoxy groups -OCH3 is 1. The summed E-state index contributed by atoms with van der Waals surface area (Å²) in [6, 6.07) is 11.1. The first-order valence-electron chi connectivity index (χ1n) is 7.36. The molecule has 0 bridgehead atoms. The Bertz CT molecular complexity index is 908. The van der Waals surface area contributed by atoms with Crippen LogP contribution in [-0.2, 0) is 0 Å². The maximum Gasteiger partial charge on any atom is 0.271 e. The highest BCUT2D eigenvalue weighted by Crippen LogP contribution is 2.21. The molecule has 1 amide bonds. The number of fused-ring (bicyclic) bond motifs is 1. The van der Waals surface area contributed by atoms with E-state index < -0.39 is 0 Å². The quantitative estimate of drug-likeness (QED) is 0.592. The fourth-order valence-corrected chi connectivity index (χ4v) is 2.28. The van der Waals surface area contributed by atoms with E-state index >= 15 is 0 Å². The van der Waals surface area contributed by atoms with Crippen molar-refractivity contribution in [1.82, 2.24) is 15.4 Å². The molecule has 6 heteroatoms. The van der Waals surface area contributed by atoms with Crippen LogP contribution in [0.3, 0.4) is 0 Å². The largest absolute Gasteiger partial charge is 0.481 e. The van der Waals surface area contributed by atoms with Crippen LogP contribution in [0.5, 0.6) is 5.88 Å². The zero-order valence-corrected chi connectivity index (χ0v) is 13.4. The lowest BCUT2D eigenvalue weighted by atomic mass is 10.1. The van der Waals surface area contributed by atoms with Gasteiger partial charge in [-0.25, -0.2) is 10.4 Å². The second-order valence-electron chi connectivity index (χ2n) is 5.22. The number of hydrogen-bond donors (Lipinski definition) is 1. The van der Waals surface area contributed by atoms with Gasteiger partial charge >= 0.3 is 0 Å². The number of nitrogens with one attached hydrogen (secondary N) is 1. The summed E-state index contributed by atoms with van der Waals surface area (Å²) in [6.07, 6.45) is 4.63. The smallest absolute Gasteiger partial charge is 0.271 e. The summed E-state index contributed by atoms with van der Waals surface area (Å²) in [6.45, 7) is 2.02. The maximum atomic E-state index is 11.9. The third kappa shape index (κ3) is 3.38. The molecule has 0 unspecified atom stereocenters. The monoisotopic (exact) mass is 320 g/mol. The fraction of sp³-hybridized carbons (Fsp3) is 0.111. The van der Waals surface area contributed by atoms with Gasteiger partial charge in [-0.2, -0.15) is 5.10 Å². The number of aryl methyl sites for hydroxylation is 1.